The lowest BCUT2D eigenvalue weighted by Gasteiger charge is -2.30. The van der Waals surface area contributed by atoms with Crippen LogP contribution in [0, 0.1) is 20.8 Å². The van der Waals surface area contributed by atoms with Crippen LogP contribution in [-0.4, -0.2) is 44.8 Å². The number of carbonyl (C=O) groups excluding carboxylic acids is 1. The van der Waals surface area contributed by atoms with E-state index < -0.39 is 0 Å². The molecule has 3 rings (SSSR count). The minimum absolute atomic E-state index is 0.249. The fourth-order valence-electron chi connectivity index (χ4n) is 3.43. The second-order valence-electron chi connectivity index (χ2n) is 6.92. The van der Waals surface area contributed by atoms with E-state index in [1.807, 2.05) is 11.8 Å². The maximum atomic E-state index is 12.4. The number of likely N-dealkylation sites (tertiary alicyclic amines) is 1. The molecular formula is C19H26N4OS. The number of nitrogens with zero attached hydrogens (tertiary/aromatic N) is 3. The summed E-state index contributed by atoms with van der Waals surface area (Å²) in [5.41, 5.74) is 3.87. The van der Waals surface area contributed by atoms with Crippen molar-refractivity contribution < 1.29 is 4.79 Å². The summed E-state index contributed by atoms with van der Waals surface area (Å²) in [6, 6.07) is 6.59. The highest BCUT2D eigenvalue weighted by molar-refractivity contribution is 7.99. The Labute approximate surface area is 153 Å². The van der Waals surface area contributed by atoms with Gasteiger partial charge in [-0.2, -0.15) is 5.10 Å². The molecule has 1 saturated heterocycles. The second-order valence-corrected chi connectivity index (χ2v) is 7.91. The van der Waals surface area contributed by atoms with Crippen LogP contribution in [-0.2, 0) is 10.5 Å². The largest absolute Gasteiger partial charge is 0.342 e. The van der Waals surface area contributed by atoms with E-state index in [0.717, 1.165) is 43.3 Å². The van der Waals surface area contributed by atoms with Crippen LogP contribution < -0.4 is 0 Å². The predicted molar refractivity (Wildman–Crippen MR) is 102 cm³/mol. The summed E-state index contributed by atoms with van der Waals surface area (Å²) in [4.78, 5) is 18.9. The number of aromatic amines is 1. The Morgan fingerprint density at radius 3 is 2.48 bits per heavy atom. The normalized spacial score (nSPS) is 15.6. The molecule has 6 heteroatoms. The first-order chi connectivity index (χ1) is 12.0. The van der Waals surface area contributed by atoms with E-state index in [-0.39, 0.29) is 5.91 Å². The lowest BCUT2D eigenvalue weighted by atomic mass is 9.96. The molecule has 1 amide bonds. The fourth-order valence-corrected chi connectivity index (χ4v) is 4.29. The van der Waals surface area contributed by atoms with E-state index in [1.165, 1.54) is 16.7 Å². The van der Waals surface area contributed by atoms with Gasteiger partial charge in [-0.05, 0) is 39.2 Å². The molecule has 0 radical (unpaired) electrons. The molecule has 134 valence electrons. The number of H-pyrrole nitrogens is 1. The number of aryl methyl sites for hydroxylation is 3. The first-order valence-corrected chi connectivity index (χ1v) is 9.98. The number of nitrogens with one attached hydrogen (secondary N) is 1. The number of hydrogen-bond acceptors (Lipinski definition) is 4. The van der Waals surface area contributed by atoms with Gasteiger partial charge in [-0.25, -0.2) is 4.98 Å². The molecule has 5 nitrogen and oxygen atoms in total. The van der Waals surface area contributed by atoms with Crippen LogP contribution in [0.5, 0.6) is 0 Å². The Morgan fingerprint density at radius 1 is 1.20 bits per heavy atom. The highest BCUT2D eigenvalue weighted by Crippen LogP contribution is 2.26. The molecule has 0 bridgehead atoms. The minimum Gasteiger partial charge on any atom is -0.342 e. The Kier molecular flexibility index (Phi) is 5.78. The smallest absolute Gasteiger partial charge is 0.232 e. The van der Waals surface area contributed by atoms with Crippen molar-refractivity contribution in [1.29, 1.82) is 0 Å². The molecule has 0 unspecified atom stereocenters. The average molecular weight is 359 g/mol. The van der Waals surface area contributed by atoms with Crippen LogP contribution in [0.3, 0.4) is 0 Å². The van der Waals surface area contributed by atoms with Crippen LogP contribution in [0.15, 0.2) is 18.2 Å². The van der Waals surface area contributed by atoms with Crippen LogP contribution in [0.25, 0.3) is 0 Å². The third-order valence-corrected chi connectivity index (χ3v) is 5.59. The lowest BCUT2D eigenvalue weighted by molar-refractivity contribution is -0.129. The van der Waals surface area contributed by atoms with Crippen LogP contribution in [0.2, 0.25) is 0 Å². The van der Waals surface area contributed by atoms with E-state index in [0.29, 0.717) is 11.7 Å². The van der Waals surface area contributed by atoms with Crippen LogP contribution >= 0.6 is 11.8 Å². The summed E-state index contributed by atoms with van der Waals surface area (Å²) < 4.78 is 0. The van der Waals surface area contributed by atoms with Crippen molar-refractivity contribution in [2.75, 3.05) is 18.8 Å². The number of hydrogen-bond donors (Lipinski definition) is 1. The molecule has 1 fully saturated rings. The zero-order valence-electron chi connectivity index (χ0n) is 15.2. The van der Waals surface area contributed by atoms with E-state index in [9.17, 15) is 4.79 Å². The molecule has 0 aliphatic carbocycles. The van der Waals surface area contributed by atoms with Gasteiger partial charge in [0.1, 0.15) is 5.82 Å². The van der Waals surface area contributed by atoms with E-state index in [1.54, 1.807) is 11.8 Å². The molecule has 1 aromatic heterocycles. The molecular weight excluding hydrogens is 332 g/mol. The average Bonchev–Trinajstić information content (AvgIpc) is 3.00. The van der Waals surface area contributed by atoms with Gasteiger partial charge in [0.15, 0.2) is 5.82 Å². The lowest BCUT2D eigenvalue weighted by Crippen LogP contribution is -2.39. The standard InChI is InChI=1S/C19H26N4OS/c1-13-8-14(2)10-16(9-13)11-25-12-18(24)23-6-4-17(5-7-23)19-20-15(3)21-22-19/h8-10,17H,4-7,11-12H2,1-3H3,(H,20,21,22). The molecule has 0 spiro atoms. The van der Waals surface area contributed by atoms with E-state index >= 15 is 0 Å². The highest BCUT2D eigenvalue weighted by Gasteiger charge is 2.25. The number of amides is 1. The first kappa shape index (κ1) is 18.0. The van der Waals surface area contributed by atoms with E-state index in [4.69, 9.17) is 0 Å². The van der Waals surface area contributed by atoms with Crippen molar-refractivity contribution >= 4 is 17.7 Å². The minimum atomic E-state index is 0.249. The zero-order valence-corrected chi connectivity index (χ0v) is 16.0. The molecule has 1 aliphatic heterocycles. The second kappa shape index (κ2) is 8.04. The summed E-state index contributed by atoms with van der Waals surface area (Å²) in [5.74, 6) is 3.82. The summed E-state index contributed by atoms with van der Waals surface area (Å²) in [5, 5.41) is 7.17. The van der Waals surface area contributed by atoms with Crippen molar-refractivity contribution in [3.63, 3.8) is 0 Å². The van der Waals surface area contributed by atoms with E-state index in [2.05, 4.69) is 47.2 Å². The maximum Gasteiger partial charge on any atom is 0.232 e. The number of rotatable bonds is 5. The molecule has 0 saturated carbocycles. The summed E-state index contributed by atoms with van der Waals surface area (Å²) in [6.07, 6.45) is 1.90. The predicted octanol–water partition coefficient (Wildman–Crippen LogP) is 3.37. The zero-order chi connectivity index (χ0) is 17.8. The van der Waals surface area contributed by atoms with Crippen molar-refractivity contribution in [2.24, 2.45) is 0 Å². The quantitative estimate of drug-likeness (QED) is 0.890. The number of benzene rings is 1. The molecule has 25 heavy (non-hydrogen) atoms. The van der Waals surface area contributed by atoms with Crippen LogP contribution in [0.4, 0.5) is 0 Å². The number of thioether (sulfide) groups is 1. The van der Waals surface area contributed by atoms with Gasteiger partial charge in [-0.1, -0.05) is 29.3 Å². The maximum absolute atomic E-state index is 12.4. The van der Waals surface area contributed by atoms with Gasteiger partial charge >= 0.3 is 0 Å². The van der Waals surface area contributed by atoms with Gasteiger partial charge in [-0.15, -0.1) is 11.8 Å². The van der Waals surface area contributed by atoms with Crippen LogP contribution in [0.1, 0.15) is 47.1 Å². The summed E-state index contributed by atoms with van der Waals surface area (Å²) >= 11 is 1.71. The molecule has 1 aliphatic rings. The monoisotopic (exact) mass is 358 g/mol. The Balaban J connectivity index is 1.43. The molecule has 1 aromatic carbocycles. The van der Waals surface area contributed by atoms with Crippen molar-refractivity contribution in [3.8, 4) is 0 Å². The van der Waals surface area contributed by atoms with Gasteiger partial charge in [0.25, 0.3) is 0 Å². The third kappa shape index (κ3) is 4.84. The van der Waals surface area contributed by atoms with Gasteiger partial charge in [0.2, 0.25) is 5.91 Å². The summed E-state index contributed by atoms with van der Waals surface area (Å²) in [6.45, 7) is 7.77. The number of carbonyl (C=O) groups is 1. The fraction of sp³-hybridized carbons (Fsp3) is 0.526. The first-order valence-electron chi connectivity index (χ1n) is 8.83. The molecule has 0 atom stereocenters. The molecule has 2 heterocycles. The van der Waals surface area contributed by atoms with Crippen molar-refractivity contribution in [2.45, 2.75) is 45.3 Å². The highest BCUT2D eigenvalue weighted by atomic mass is 32.2. The molecule has 1 N–H and O–H groups in total. The van der Waals surface area contributed by atoms with Crippen molar-refractivity contribution in [3.05, 3.63) is 46.5 Å². The molecule has 2 aromatic rings. The van der Waals surface area contributed by atoms with Gasteiger partial charge in [0, 0.05) is 24.8 Å². The topological polar surface area (TPSA) is 61.9 Å². The Hall–Kier alpha value is -1.82. The Morgan fingerprint density at radius 2 is 1.88 bits per heavy atom. The van der Waals surface area contributed by atoms with Gasteiger partial charge in [0.05, 0.1) is 5.75 Å². The SMILES string of the molecule is Cc1cc(C)cc(CSCC(=O)N2CCC(c3n[nH]c(C)n3)CC2)c1. The van der Waals surface area contributed by atoms with Gasteiger partial charge in [-0.3, -0.25) is 9.89 Å². The third-order valence-electron chi connectivity index (χ3n) is 4.60. The summed E-state index contributed by atoms with van der Waals surface area (Å²) in [7, 11) is 0. The number of piperidine rings is 1. The Bertz CT molecular complexity index is 715. The number of aromatic nitrogens is 3. The van der Waals surface area contributed by atoms with Crippen molar-refractivity contribution in [1.82, 2.24) is 20.1 Å². The van der Waals surface area contributed by atoms with Gasteiger partial charge < -0.3 is 4.90 Å².